The van der Waals surface area contributed by atoms with E-state index in [0.717, 1.165) is 16.9 Å². The van der Waals surface area contributed by atoms with Gasteiger partial charge in [-0.25, -0.2) is 0 Å². The van der Waals surface area contributed by atoms with Crippen LogP contribution in [0.1, 0.15) is 11.1 Å². The van der Waals surface area contributed by atoms with E-state index in [-0.39, 0.29) is 17.6 Å². The summed E-state index contributed by atoms with van der Waals surface area (Å²) >= 11 is 0. The third-order valence-corrected chi connectivity index (χ3v) is 1.88. The summed E-state index contributed by atoms with van der Waals surface area (Å²) in [6.07, 6.45) is 0. The van der Waals surface area contributed by atoms with E-state index in [1.165, 1.54) is 0 Å². The van der Waals surface area contributed by atoms with Crippen LogP contribution in [0, 0.1) is 12.1 Å². The van der Waals surface area contributed by atoms with Crippen LogP contribution < -0.4 is 10.9 Å². The van der Waals surface area contributed by atoms with E-state index in [1.54, 1.807) is 19.2 Å². The molecule has 1 aromatic carbocycles. The SMILES string of the molecule is COc1ccc(C[N+]([O-])=NO)cc1C.N. The predicted molar refractivity (Wildman–Crippen MR) is 54.3 cm³/mol. The molecule has 0 aliphatic carbocycles. The molecule has 0 spiro atoms. The number of rotatable bonds is 3. The number of hydrogen-bond donors (Lipinski definition) is 2. The zero-order valence-electron chi connectivity index (χ0n) is 8.80. The maximum Gasteiger partial charge on any atom is 0.209 e. The van der Waals surface area contributed by atoms with Crippen molar-refractivity contribution >= 4 is 0 Å². The van der Waals surface area contributed by atoms with Crippen LogP contribution in [0.25, 0.3) is 0 Å². The van der Waals surface area contributed by atoms with Crippen molar-refractivity contribution in [2.75, 3.05) is 7.11 Å². The van der Waals surface area contributed by atoms with Crippen molar-refractivity contribution in [1.82, 2.24) is 6.15 Å². The topological polar surface area (TPSA) is 103 Å². The zero-order valence-corrected chi connectivity index (χ0v) is 8.80. The summed E-state index contributed by atoms with van der Waals surface area (Å²) in [5, 5.41) is 21.4. The Morgan fingerprint density at radius 2 is 2.20 bits per heavy atom. The average Bonchev–Trinajstić information content (AvgIpc) is 2.18. The highest BCUT2D eigenvalue weighted by Crippen LogP contribution is 2.18. The lowest BCUT2D eigenvalue weighted by atomic mass is 10.1. The largest absolute Gasteiger partial charge is 0.597 e. The summed E-state index contributed by atoms with van der Waals surface area (Å²) in [4.78, 5) is 0.210. The summed E-state index contributed by atoms with van der Waals surface area (Å²) in [6, 6.07) is 5.34. The minimum Gasteiger partial charge on any atom is -0.597 e. The average molecular weight is 213 g/mol. The number of hydroxylamine groups is 1. The van der Waals surface area contributed by atoms with Crippen LogP contribution in [-0.4, -0.2) is 17.2 Å². The molecule has 6 heteroatoms. The highest BCUT2D eigenvalue weighted by Gasteiger charge is 2.03. The molecule has 0 amide bonds. The molecule has 0 aromatic heterocycles. The van der Waals surface area contributed by atoms with Gasteiger partial charge in [0.05, 0.1) is 7.11 Å². The van der Waals surface area contributed by atoms with Crippen molar-refractivity contribution in [2.45, 2.75) is 13.5 Å². The summed E-state index contributed by atoms with van der Waals surface area (Å²) in [5.74, 6) is 0.770. The fraction of sp³-hybridized carbons (Fsp3) is 0.333. The van der Waals surface area contributed by atoms with Crippen LogP contribution >= 0.6 is 0 Å². The third kappa shape index (κ3) is 3.43. The van der Waals surface area contributed by atoms with E-state index in [4.69, 9.17) is 9.94 Å². The Hall–Kier alpha value is -1.82. The monoisotopic (exact) mass is 213 g/mol. The molecule has 0 saturated heterocycles. The Kier molecular flexibility index (Phi) is 5.11. The Bertz CT molecular complexity index is 352. The molecule has 84 valence electrons. The Morgan fingerprint density at radius 1 is 1.53 bits per heavy atom. The fourth-order valence-electron chi connectivity index (χ4n) is 1.23. The van der Waals surface area contributed by atoms with E-state index in [1.807, 2.05) is 13.0 Å². The molecule has 1 rings (SSSR count). The maximum atomic E-state index is 10.7. The van der Waals surface area contributed by atoms with E-state index < -0.39 is 0 Å². The van der Waals surface area contributed by atoms with Gasteiger partial charge in [-0.05, 0) is 30.7 Å². The smallest absolute Gasteiger partial charge is 0.209 e. The van der Waals surface area contributed by atoms with E-state index >= 15 is 0 Å². The molecule has 0 aliphatic heterocycles. The second-order valence-corrected chi connectivity index (χ2v) is 2.90. The molecule has 0 heterocycles. The van der Waals surface area contributed by atoms with Crippen molar-refractivity contribution in [3.8, 4) is 5.75 Å². The minimum atomic E-state index is 0. The van der Waals surface area contributed by atoms with E-state index in [0.29, 0.717) is 0 Å². The Labute approximate surface area is 87.9 Å². The molecule has 0 aliphatic rings. The van der Waals surface area contributed by atoms with Gasteiger partial charge in [-0.1, -0.05) is 4.86 Å². The van der Waals surface area contributed by atoms with Gasteiger partial charge in [0.15, 0.2) is 5.28 Å². The number of benzene rings is 1. The number of ether oxygens (including phenoxy) is 1. The molecule has 4 N–H and O–H groups in total. The van der Waals surface area contributed by atoms with Gasteiger partial charge in [-0.3, -0.25) is 0 Å². The van der Waals surface area contributed by atoms with Crippen LogP contribution in [0.5, 0.6) is 5.75 Å². The van der Waals surface area contributed by atoms with Gasteiger partial charge in [0, 0.05) is 5.56 Å². The number of hydrogen-bond acceptors (Lipinski definition) is 4. The molecule has 0 bridgehead atoms. The van der Waals surface area contributed by atoms with E-state index in [9.17, 15) is 5.21 Å². The molecule has 0 radical (unpaired) electrons. The van der Waals surface area contributed by atoms with Crippen LogP contribution in [0.2, 0.25) is 0 Å². The molecule has 0 saturated carbocycles. The second kappa shape index (κ2) is 5.82. The quantitative estimate of drug-likeness (QED) is 0.455. The first-order valence-corrected chi connectivity index (χ1v) is 4.10. The van der Waals surface area contributed by atoms with Crippen LogP contribution in [0.15, 0.2) is 23.5 Å². The number of methoxy groups -OCH3 is 1. The van der Waals surface area contributed by atoms with Crippen molar-refractivity contribution in [3.05, 3.63) is 34.5 Å². The highest BCUT2D eigenvalue weighted by molar-refractivity contribution is 5.35. The van der Waals surface area contributed by atoms with E-state index in [2.05, 4.69) is 5.28 Å². The van der Waals surface area contributed by atoms with Gasteiger partial charge in [0.1, 0.15) is 5.75 Å². The predicted octanol–water partition coefficient (Wildman–Crippen LogP) is 2.02. The third-order valence-electron chi connectivity index (χ3n) is 1.88. The summed E-state index contributed by atoms with van der Waals surface area (Å²) in [6.45, 7) is 1.91. The normalized spacial score (nSPS) is 10.7. The van der Waals surface area contributed by atoms with Gasteiger partial charge in [0.25, 0.3) is 0 Å². The first kappa shape index (κ1) is 13.2. The van der Waals surface area contributed by atoms with Crippen LogP contribution in [0.3, 0.4) is 0 Å². The summed E-state index contributed by atoms with van der Waals surface area (Å²) in [5.41, 5.74) is 1.72. The highest BCUT2D eigenvalue weighted by atomic mass is 16.6. The Morgan fingerprint density at radius 3 is 2.67 bits per heavy atom. The standard InChI is InChI=1S/C9H12N2O3.H3N/c1-7-5-8(6-11(13)10-12)3-4-9(7)14-2;/h3-5,12H,6H2,1-2H3;1H3. The van der Waals surface area contributed by atoms with Gasteiger partial charge in [-0.2, -0.15) is 0 Å². The molecule has 1 aromatic rings. The van der Waals surface area contributed by atoms with Crippen molar-refractivity contribution < 1.29 is 14.8 Å². The van der Waals surface area contributed by atoms with Gasteiger partial charge >= 0.3 is 0 Å². The Balaban J connectivity index is 0.00000196. The van der Waals surface area contributed by atoms with Crippen LogP contribution in [0.4, 0.5) is 0 Å². The van der Waals surface area contributed by atoms with Gasteiger partial charge in [0.2, 0.25) is 6.54 Å². The van der Waals surface area contributed by atoms with Gasteiger partial charge in [-0.15, -0.1) is 0 Å². The van der Waals surface area contributed by atoms with Crippen molar-refractivity contribution in [1.29, 1.82) is 0 Å². The van der Waals surface area contributed by atoms with Crippen LogP contribution in [-0.2, 0) is 6.54 Å². The van der Waals surface area contributed by atoms with Crippen molar-refractivity contribution in [2.24, 2.45) is 5.28 Å². The molecule has 15 heavy (non-hydrogen) atoms. The van der Waals surface area contributed by atoms with Crippen molar-refractivity contribution in [3.63, 3.8) is 0 Å². The summed E-state index contributed by atoms with van der Waals surface area (Å²) < 4.78 is 5.07. The van der Waals surface area contributed by atoms with Gasteiger partial charge < -0.3 is 21.3 Å². The number of nitrogens with zero attached hydrogens (tertiary/aromatic N) is 2. The number of aryl methyl sites for hydroxylation is 1. The zero-order chi connectivity index (χ0) is 10.6. The molecule has 0 atom stereocenters. The first-order valence-electron chi connectivity index (χ1n) is 4.10. The fourth-order valence-corrected chi connectivity index (χ4v) is 1.23. The maximum absolute atomic E-state index is 10.7. The first-order chi connectivity index (χ1) is 6.67. The second-order valence-electron chi connectivity index (χ2n) is 2.90. The lowest BCUT2D eigenvalue weighted by Crippen LogP contribution is -2.00. The lowest BCUT2D eigenvalue weighted by molar-refractivity contribution is -0.570. The molecular weight excluding hydrogens is 198 g/mol. The molecule has 0 unspecified atom stereocenters. The lowest BCUT2D eigenvalue weighted by Gasteiger charge is -2.05. The molecule has 6 nitrogen and oxygen atoms in total. The molecular formula is C9H15N3O3. The summed E-state index contributed by atoms with van der Waals surface area (Å²) in [7, 11) is 1.59. The minimum absolute atomic E-state index is 0. The molecule has 0 fully saturated rings.